The number of rotatable bonds is 7. The van der Waals surface area contributed by atoms with Crippen molar-refractivity contribution in [2.75, 3.05) is 12.3 Å². The highest BCUT2D eigenvalue weighted by atomic mass is 14.9. The molecule has 3 heteroatoms. The lowest BCUT2D eigenvalue weighted by atomic mass is 9.93. The van der Waals surface area contributed by atoms with Gasteiger partial charge in [-0.2, -0.15) is 0 Å². The third-order valence-corrected chi connectivity index (χ3v) is 3.29. The van der Waals surface area contributed by atoms with Crippen LogP contribution >= 0.6 is 0 Å². The summed E-state index contributed by atoms with van der Waals surface area (Å²) in [4.78, 5) is 4.03. The summed E-state index contributed by atoms with van der Waals surface area (Å²) in [5, 5.41) is 3.63. The fraction of sp³-hybridized carbons (Fsp3) is 0.643. The van der Waals surface area contributed by atoms with Gasteiger partial charge in [-0.1, -0.05) is 27.2 Å². The first kappa shape index (κ1) is 14.0. The number of aromatic nitrogens is 1. The molecule has 0 bridgehead atoms. The number of pyridine rings is 1. The summed E-state index contributed by atoms with van der Waals surface area (Å²) in [6.07, 6.45) is 5.19. The number of hydrogen-bond acceptors (Lipinski definition) is 3. The maximum absolute atomic E-state index is 5.71. The molecule has 2 unspecified atom stereocenters. The van der Waals surface area contributed by atoms with Gasteiger partial charge in [-0.15, -0.1) is 0 Å². The summed E-state index contributed by atoms with van der Waals surface area (Å²) in [6.45, 7) is 7.82. The number of anilines is 1. The van der Waals surface area contributed by atoms with E-state index < -0.39 is 0 Å². The second-order valence-electron chi connectivity index (χ2n) is 4.74. The van der Waals surface area contributed by atoms with Gasteiger partial charge in [-0.25, -0.2) is 4.98 Å². The molecule has 0 radical (unpaired) electrons. The topological polar surface area (TPSA) is 50.9 Å². The first-order valence-electron chi connectivity index (χ1n) is 6.61. The fourth-order valence-electron chi connectivity index (χ4n) is 1.96. The Bertz CT molecular complexity index is 325. The van der Waals surface area contributed by atoms with Gasteiger partial charge >= 0.3 is 0 Å². The molecule has 0 saturated heterocycles. The average Bonchev–Trinajstić information content (AvgIpc) is 2.33. The summed E-state index contributed by atoms with van der Waals surface area (Å²) in [6, 6.07) is 4.56. The van der Waals surface area contributed by atoms with Crippen LogP contribution < -0.4 is 11.1 Å². The van der Waals surface area contributed by atoms with E-state index >= 15 is 0 Å². The maximum atomic E-state index is 5.71. The number of nitrogens with two attached hydrogens (primary N) is 1. The minimum atomic E-state index is 0.529. The molecule has 0 aliphatic rings. The molecule has 1 aromatic rings. The molecule has 1 aromatic heterocycles. The van der Waals surface area contributed by atoms with Gasteiger partial charge in [0.1, 0.15) is 5.82 Å². The van der Waals surface area contributed by atoms with Crippen LogP contribution in [0.15, 0.2) is 18.3 Å². The molecule has 3 N–H and O–H groups in total. The molecule has 17 heavy (non-hydrogen) atoms. The van der Waals surface area contributed by atoms with Crippen LogP contribution in [0.4, 0.5) is 5.82 Å². The van der Waals surface area contributed by atoms with Crippen molar-refractivity contribution in [1.29, 1.82) is 0 Å². The number of nitrogens with one attached hydrogen (secondary N) is 1. The van der Waals surface area contributed by atoms with Crippen molar-refractivity contribution in [1.82, 2.24) is 10.3 Å². The van der Waals surface area contributed by atoms with Crippen LogP contribution in [0, 0.1) is 5.92 Å². The van der Waals surface area contributed by atoms with Gasteiger partial charge in [0, 0.05) is 12.2 Å². The monoisotopic (exact) mass is 235 g/mol. The molecule has 1 heterocycles. The van der Waals surface area contributed by atoms with Crippen LogP contribution in [0.25, 0.3) is 0 Å². The summed E-state index contributed by atoms with van der Waals surface area (Å²) in [5.74, 6) is 1.29. The Morgan fingerprint density at radius 3 is 2.76 bits per heavy atom. The predicted octanol–water partition coefficient (Wildman–Crippen LogP) is 2.62. The highest BCUT2D eigenvalue weighted by Gasteiger charge is 2.15. The number of nitrogen functional groups attached to an aromatic ring is 1. The molecule has 0 aromatic carbocycles. The van der Waals surface area contributed by atoms with Gasteiger partial charge in [0.25, 0.3) is 0 Å². The van der Waals surface area contributed by atoms with Crippen molar-refractivity contribution in [3.63, 3.8) is 0 Å². The zero-order valence-electron chi connectivity index (χ0n) is 11.2. The van der Waals surface area contributed by atoms with Crippen molar-refractivity contribution in [3.05, 3.63) is 23.9 Å². The maximum Gasteiger partial charge on any atom is 0.123 e. The van der Waals surface area contributed by atoms with Crippen molar-refractivity contribution in [2.45, 2.75) is 46.1 Å². The van der Waals surface area contributed by atoms with Gasteiger partial charge in [0.2, 0.25) is 0 Å². The van der Waals surface area contributed by atoms with Crippen molar-refractivity contribution in [2.24, 2.45) is 5.92 Å². The van der Waals surface area contributed by atoms with Crippen LogP contribution in [0.2, 0.25) is 0 Å². The Kier molecular flexibility index (Phi) is 5.98. The molecule has 0 saturated carbocycles. The van der Waals surface area contributed by atoms with Gasteiger partial charge in [-0.3, -0.25) is 0 Å². The Labute approximate surface area is 105 Å². The molecule has 0 fully saturated rings. The van der Waals surface area contributed by atoms with Gasteiger partial charge in [0.05, 0.1) is 0 Å². The van der Waals surface area contributed by atoms with E-state index in [0.717, 1.165) is 13.0 Å². The fourth-order valence-corrected chi connectivity index (χ4v) is 1.96. The summed E-state index contributed by atoms with van der Waals surface area (Å²) < 4.78 is 0. The van der Waals surface area contributed by atoms with Gasteiger partial charge in [-0.05, 0) is 43.0 Å². The minimum Gasteiger partial charge on any atom is -0.384 e. The molecule has 2 atom stereocenters. The Morgan fingerprint density at radius 1 is 1.41 bits per heavy atom. The smallest absolute Gasteiger partial charge is 0.123 e. The zero-order chi connectivity index (χ0) is 12.7. The lowest BCUT2D eigenvalue weighted by molar-refractivity contribution is 0.365. The van der Waals surface area contributed by atoms with E-state index in [4.69, 9.17) is 5.73 Å². The highest BCUT2D eigenvalue weighted by Crippen LogP contribution is 2.14. The first-order chi connectivity index (χ1) is 8.17. The van der Waals surface area contributed by atoms with Crippen LogP contribution in [0.5, 0.6) is 0 Å². The second kappa shape index (κ2) is 7.28. The summed E-state index contributed by atoms with van der Waals surface area (Å²) in [5.41, 5.74) is 6.98. The third kappa shape index (κ3) is 4.73. The molecule has 0 spiro atoms. The molecule has 96 valence electrons. The zero-order valence-corrected chi connectivity index (χ0v) is 11.2. The SMILES string of the molecule is CCCNC(Cc1ccnc(N)c1)C(C)CC. The van der Waals surface area contributed by atoms with E-state index in [-0.39, 0.29) is 0 Å². The molecule has 3 nitrogen and oxygen atoms in total. The second-order valence-corrected chi connectivity index (χ2v) is 4.74. The average molecular weight is 235 g/mol. The van der Waals surface area contributed by atoms with Gasteiger partial charge in [0.15, 0.2) is 0 Å². The van der Waals surface area contributed by atoms with Crippen LogP contribution in [0.3, 0.4) is 0 Å². The van der Waals surface area contributed by atoms with E-state index in [1.54, 1.807) is 6.20 Å². The minimum absolute atomic E-state index is 0.529. The van der Waals surface area contributed by atoms with E-state index in [0.29, 0.717) is 17.8 Å². The first-order valence-corrected chi connectivity index (χ1v) is 6.61. The molecule has 0 aliphatic heterocycles. The Balaban J connectivity index is 2.64. The van der Waals surface area contributed by atoms with Gasteiger partial charge < -0.3 is 11.1 Å². The Hall–Kier alpha value is -1.09. The van der Waals surface area contributed by atoms with Crippen molar-refractivity contribution >= 4 is 5.82 Å². The summed E-state index contributed by atoms with van der Waals surface area (Å²) >= 11 is 0. The molecule has 1 rings (SSSR count). The van der Waals surface area contributed by atoms with Crippen molar-refractivity contribution in [3.8, 4) is 0 Å². The molecular formula is C14H25N3. The third-order valence-electron chi connectivity index (χ3n) is 3.29. The Morgan fingerprint density at radius 2 is 2.18 bits per heavy atom. The molecule has 0 amide bonds. The molecule has 0 aliphatic carbocycles. The van der Waals surface area contributed by atoms with Crippen LogP contribution in [-0.4, -0.2) is 17.6 Å². The predicted molar refractivity (Wildman–Crippen MR) is 73.9 cm³/mol. The van der Waals surface area contributed by atoms with Crippen molar-refractivity contribution < 1.29 is 0 Å². The van der Waals surface area contributed by atoms with E-state index in [2.05, 4.69) is 37.1 Å². The lowest BCUT2D eigenvalue weighted by Crippen LogP contribution is -2.37. The quantitative estimate of drug-likeness (QED) is 0.764. The van der Waals surface area contributed by atoms with E-state index in [1.807, 2.05) is 6.07 Å². The molecular weight excluding hydrogens is 210 g/mol. The van der Waals surface area contributed by atoms with E-state index in [9.17, 15) is 0 Å². The van der Waals surface area contributed by atoms with Crippen LogP contribution in [0.1, 0.15) is 39.2 Å². The largest absolute Gasteiger partial charge is 0.384 e. The lowest BCUT2D eigenvalue weighted by Gasteiger charge is -2.24. The summed E-state index contributed by atoms with van der Waals surface area (Å²) in [7, 11) is 0. The number of hydrogen-bond donors (Lipinski definition) is 2. The normalized spacial score (nSPS) is 14.5. The van der Waals surface area contributed by atoms with E-state index in [1.165, 1.54) is 18.4 Å². The standard InChI is InChI=1S/C14H25N3/c1-4-7-16-13(11(3)5-2)9-12-6-8-17-14(15)10-12/h6,8,10-11,13,16H,4-5,7,9H2,1-3H3,(H2,15,17). The highest BCUT2D eigenvalue weighted by molar-refractivity contribution is 5.32. The number of nitrogens with zero attached hydrogens (tertiary/aromatic N) is 1. The van der Waals surface area contributed by atoms with Crippen LogP contribution in [-0.2, 0) is 6.42 Å².